The van der Waals surface area contributed by atoms with E-state index >= 15 is 0 Å². The van der Waals surface area contributed by atoms with Crippen LogP contribution in [0.25, 0.3) is 66.8 Å². The van der Waals surface area contributed by atoms with Crippen LogP contribution in [0.4, 0.5) is 0 Å². The lowest BCUT2D eigenvalue weighted by atomic mass is 9.81. The van der Waals surface area contributed by atoms with Crippen LogP contribution < -0.4 is 11.5 Å². The summed E-state index contributed by atoms with van der Waals surface area (Å²) in [6.45, 7) is 21.7. The second kappa shape index (κ2) is 47.3. The molecule has 678 valence electrons. The first-order valence-electron chi connectivity index (χ1n) is 43.9. The van der Waals surface area contributed by atoms with E-state index in [1.54, 1.807) is 124 Å². The quantitative estimate of drug-likeness (QED) is 0.0317. The van der Waals surface area contributed by atoms with Crippen molar-refractivity contribution in [1.29, 1.82) is 10.5 Å². The lowest BCUT2D eigenvalue weighted by molar-refractivity contribution is -0.121. The number of aliphatic hydroxyl groups is 2. The Balaban J connectivity index is 0.000000164. The molecular weight excluding hydrogens is 1750 g/mol. The van der Waals surface area contributed by atoms with Crippen molar-refractivity contribution in [3.05, 3.63) is 325 Å². The number of carbonyl (C=O) groups excluding carboxylic acids is 8. The van der Waals surface area contributed by atoms with E-state index in [4.69, 9.17) is 32.2 Å². The van der Waals surface area contributed by atoms with Gasteiger partial charge in [-0.3, -0.25) is 38.4 Å². The predicted molar refractivity (Wildman–Crippen MR) is 545 cm³/mol. The van der Waals surface area contributed by atoms with E-state index in [1.807, 2.05) is 284 Å². The minimum atomic E-state index is -0.470. The summed E-state index contributed by atoms with van der Waals surface area (Å²) < 4.78 is -2.08. The van der Waals surface area contributed by atoms with Gasteiger partial charge < -0.3 is 21.7 Å². The molecule has 3 aliphatic carbocycles. The molecule has 3 aliphatic rings. The number of ketones is 6. The van der Waals surface area contributed by atoms with Gasteiger partial charge in [0.2, 0.25) is 11.8 Å². The lowest BCUT2D eigenvalue weighted by Gasteiger charge is -2.39. The molecule has 0 aliphatic heterocycles. The Kier molecular flexibility index (Phi) is 36.8. The molecule has 3 fully saturated rings. The number of thioether (sulfide) groups is 6. The second-order valence-electron chi connectivity index (χ2n) is 34.4. The van der Waals surface area contributed by atoms with Crippen LogP contribution in [0.1, 0.15) is 179 Å². The summed E-state index contributed by atoms with van der Waals surface area (Å²) in [6, 6.07) is 99.0. The van der Waals surface area contributed by atoms with E-state index in [9.17, 15) is 38.4 Å². The number of nitrogens with zero attached hydrogens (tertiary/aromatic N) is 2. The number of benzene rings is 12. The van der Waals surface area contributed by atoms with E-state index in [1.165, 1.54) is 0 Å². The molecule has 0 spiro atoms. The van der Waals surface area contributed by atoms with Crippen molar-refractivity contribution in [1.82, 2.24) is 0 Å². The predicted octanol–water partition coefficient (Wildman–Crippen LogP) is 26.2. The summed E-state index contributed by atoms with van der Waals surface area (Å²) in [4.78, 5) is 100. The maximum absolute atomic E-state index is 12.0. The van der Waals surface area contributed by atoms with Crippen molar-refractivity contribution >= 4 is 117 Å². The Hall–Kier alpha value is -11.4. The molecule has 0 atom stereocenters. The van der Waals surface area contributed by atoms with Crippen LogP contribution in [0.2, 0.25) is 0 Å². The molecule has 12 aromatic rings. The standard InChI is InChI=1S/C19H19NO2S.C19H21NO2S.C19H17NOS.C19H20O2S.C18H17NOS.C18H20O2S/c1-13(21)19(11-4-12-19)23-17-6-3-2-5-16(17)14-7-9-15(10-8-14)18(20)22;1-13(21)19(2,3)23-17-7-5-4-6-16(17)15-10-8-14(9-11-15)12-18(20)22;2*1-14(21)19(11-4-12-19)22-18-6-3-2-5-17(18)16-9-7-15(13-20)8-10-16;2*1-13(20)18(2,3)21-17-7-5-4-6-16(17)15-10-8-14(12-19)9-11-15/h2-3,5-10H,4,11-12H2,1H3,(H2,20,22);4-11H,12H2,1-3H3,(H2,20,22);2-3,5-10H,4,11-12H2,1H3;2-3,5-10,20H,4,11-13H2,1H3;4-11H,1-3H3;4-11,19H,12H2,1-3H3. The average Bonchev–Trinajstić information content (AvgIpc) is 0.793. The molecule has 0 saturated heterocycles. The van der Waals surface area contributed by atoms with Gasteiger partial charge in [0.1, 0.15) is 34.7 Å². The van der Waals surface area contributed by atoms with Gasteiger partial charge in [-0.05, 0) is 297 Å². The van der Waals surface area contributed by atoms with Crippen molar-refractivity contribution in [3.63, 3.8) is 0 Å². The average molecular weight is 1870 g/mol. The number of nitrogens with two attached hydrogens (primary N) is 2. The summed E-state index contributed by atoms with van der Waals surface area (Å²) >= 11 is 9.82. The first-order valence-corrected chi connectivity index (χ1v) is 48.8. The molecule has 20 heteroatoms. The summed E-state index contributed by atoms with van der Waals surface area (Å²) in [6.07, 6.45) is 9.41. The molecule has 3 saturated carbocycles. The minimum absolute atomic E-state index is 0.0496. The van der Waals surface area contributed by atoms with Crippen LogP contribution in [0.3, 0.4) is 0 Å². The highest BCUT2D eigenvalue weighted by molar-refractivity contribution is 8.03. The van der Waals surface area contributed by atoms with E-state index in [0.717, 1.165) is 171 Å². The van der Waals surface area contributed by atoms with Gasteiger partial charge in [0, 0.05) is 34.9 Å². The minimum Gasteiger partial charge on any atom is -0.392 e. The van der Waals surface area contributed by atoms with Crippen molar-refractivity contribution in [2.24, 2.45) is 11.5 Å². The van der Waals surface area contributed by atoms with Gasteiger partial charge in [-0.15, -0.1) is 70.6 Å². The van der Waals surface area contributed by atoms with Crippen molar-refractivity contribution in [2.75, 3.05) is 0 Å². The fourth-order valence-corrected chi connectivity index (χ4v) is 22.3. The summed E-state index contributed by atoms with van der Waals surface area (Å²) in [5.41, 5.74) is 28.1. The fourth-order valence-electron chi connectivity index (χ4n) is 14.4. The van der Waals surface area contributed by atoms with Crippen LogP contribution in [0.15, 0.2) is 321 Å². The first kappa shape index (κ1) is 103. The third kappa shape index (κ3) is 27.4. The van der Waals surface area contributed by atoms with Gasteiger partial charge in [0.15, 0.2) is 0 Å². The number of primary amides is 2. The molecule has 0 heterocycles. The van der Waals surface area contributed by atoms with Crippen LogP contribution in [-0.4, -0.2) is 85.2 Å². The van der Waals surface area contributed by atoms with E-state index in [2.05, 4.69) is 48.5 Å². The molecule has 15 rings (SSSR count). The second-order valence-corrected chi connectivity index (χ2v) is 43.6. The molecule has 132 heavy (non-hydrogen) atoms. The largest absolute Gasteiger partial charge is 0.392 e. The fraction of sp³-hybridized carbons (Fsp3) is 0.268. The third-order valence-corrected chi connectivity index (χ3v) is 33.1. The van der Waals surface area contributed by atoms with E-state index in [-0.39, 0.29) is 74.5 Å². The molecule has 0 radical (unpaired) electrons. The molecular formula is C112H114N4O10S6. The smallest absolute Gasteiger partial charge is 0.248 e. The van der Waals surface area contributed by atoms with Gasteiger partial charge in [-0.25, -0.2) is 0 Å². The molecule has 0 bridgehead atoms. The van der Waals surface area contributed by atoms with Crippen LogP contribution in [0, 0.1) is 22.7 Å². The van der Waals surface area contributed by atoms with Gasteiger partial charge in [0.25, 0.3) is 0 Å². The third-order valence-electron chi connectivity index (χ3n) is 24.0. The molecule has 0 aromatic heterocycles. The number of rotatable bonds is 29. The topological polar surface area (TPSA) is 277 Å². The van der Waals surface area contributed by atoms with Crippen LogP contribution in [0.5, 0.6) is 0 Å². The number of nitriles is 2. The lowest BCUT2D eigenvalue weighted by Crippen LogP contribution is -2.40. The van der Waals surface area contributed by atoms with E-state index < -0.39 is 20.1 Å². The highest BCUT2D eigenvalue weighted by Gasteiger charge is 2.45. The maximum Gasteiger partial charge on any atom is 0.248 e. The van der Waals surface area contributed by atoms with Crippen LogP contribution >= 0.6 is 70.6 Å². The first-order chi connectivity index (χ1) is 63.0. The number of amides is 2. The van der Waals surface area contributed by atoms with Gasteiger partial charge in [-0.1, -0.05) is 218 Å². The highest BCUT2D eigenvalue weighted by atomic mass is 32.2. The number of Topliss-reactive ketones (excluding diaryl/α,β-unsaturated/α-hetero) is 6. The zero-order valence-corrected chi connectivity index (χ0v) is 81.8. The van der Waals surface area contributed by atoms with Gasteiger partial charge in [-0.2, -0.15) is 10.5 Å². The maximum atomic E-state index is 12.0. The monoisotopic (exact) mass is 1870 g/mol. The molecule has 2 amide bonds. The summed E-state index contributed by atoms with van der Waals surface area (Å²) in [5, 5.41) is 36.1. The normalized spacial score (nSPS) is 13.5. The number of aliphatic hydroxyl groups excluding tert-OH is 2. The Bertz CT molecular complexity index is 6150. The Morgan fingerprint density at radius 2 is 0.523 bits per heavy atom. The van der Waals surface area contributed by atoms with Crippen molar-refractivity contribution in [3.8, 4) is 78.9 Å². The highest BCUT2D eigenvalue weighted by Crippen LogP contribution is 2.54. The Morgan fingerprint density at radius 1 is 0.311 bits per heavy atom. The molecule has 12 aromatic carbocycles. The van der Waals surface area contributed by atoms with E-state index in [0.29, 0.717) is 16.7 Å². The van der Waals surface area contributed by atoms with Crippen molar-refractivity contribution < 1.29 is 48.6 Å². The summed E-state index contributed by atoms with van der Waals surface area (Å²) in [5.74, 6) is 0.524. The van der Waals surface area contributed by atoms with Crippen LogP contribution in [-0.2, 0) is 53.2 Å². The number of hydrogen-bond donors (Lipinski definition) is 4. The Labute approximate surface area is 803 Å². The molecule has 6 N–H and O–H groups in total. The number of carbonyl (C=O) groups is 8. The summed E-state index contributed by atoms with van der Waals surface area (Å²) in [7, 11) is 0. The zero-order chi connectivity index (χ0) is 95.6. The molecule has 0 unspecified atom stereocenters. The van der Waals surface area contributed by atoms with Gasteiger partial charge >= 0.3 is 0 Å². The zero-order valence-electron chi connectivity index (χ0n) is 76.9. The van der Waals surface area contributed by atoms with Gasteiger partial charge in [0.05, 0.1) is 71.4 Å². The van der Waals surface area contributed by atoms with Crippen molar-refractivity contribution in [2.45, 2.75) is 218 Å². The molecule has 14 nitrogen and oxygen atoms in total. The Morgan fingerprint density at radius 3 is 0.720 bits per heavy atom. The number of hydrogen-bond acceptors (Lipinski definition) is 18. The SMILES string of the molecule is CC(=O)C(C)(C)Sc1ccccc1-c1ccc(C#N)cc1.CC(=O)C(C)(C)Sc1ccccc1-c1ccc(CC(N)=O)cc1.CC(=O)C(C)(C)Sc1ccccc1-c1ccc(CO)cc1.CC(=O)C1(Sc2ccccc2-c2ccc(C#N)cc2)CCC1.CC(=O)C1(Sc2ccccc2-c2ccc(C(N)=O)cc2)CCC1.CC(=O)C1(Sc2ccccc2-c2ccc(CO)cc2)CCC1.